The number of aromatic nitrogens is 2. The van der Waals surface area contributed by atoms with Crippen molar-refractivity contribution in [3.63, 3.8) is 0 Å². The van der Waals surface area contributed by atoms with Gasteiger partial charge in [-0.15, -0.1) is 0 Å². The van der Waals surface area contributed by atoms with Crippen molar-refractivity contribution in [1.82, 2.24) is 9.55 Å². The van der Waals surface area contributed by atoms with Crippen molar-refractivity contribution in [3.8, 4) is 16.8 Å². The molecular weight excluding hydrogens is 528 g/mol. The fourth-order valence-corrected chi connectivity index (χ4v) is 5.00. The maximum Gasteiger partial charge on any atom is 0.340 e. The highest BCUT2D eigenvalue weighted by atomic mass is 28.2. The molecule has 5 nitrogen and oxygen atoms in total. The number of benzene rings is 3. The molecule has 204 valence electrons. The van der Waals surface area contributed by atoms with E-state index in [2.05, 4.69) is 4.98 Å². The van der Waals surface area contributed by atoms with Gasteiger partial charge in [-0.05, 0) is 54.6 Å². The molecule has 2 radical (unpaired) electrons. The number of aryl methyl sites for hydroxylation is 1. The Morgan fingerprint density at radius 3 is 2.15 bits per heavy atom. The summed E-state index contributed by atoms with van der Waals surface area (Å²) in [5, 5.41) is -0.164. The highest BCUT2D eigenvalue weighted by Crippen LogP contribution is 2.41. The molecule has 3 aromatic carbocycles. The molecule has 0 aliphatic carbocycles. The zero-order chi connectivity index (χ0) is 28.9. The van der Waals surface area contributed by atoms with Gasteiger partial charge in [0.25, 0.3) is 0 Å². The topological polar surface area (TPSA) is 53.3 Å². The van der Waals surface area contributed by atoms with E-state index in [1.807, 2.05) is 20.8 Å². The molecule has 4 aromatic rings. The maximum absolute atomic E-state index is 15.7. The minimum atomic E-state index is -1.60. The first-order chi connectivity index (χ1) is 18.2. The number of ether oxygens (including phenoxy) is 1. The van der Waals surface area contributed by atoms with Crippen LogP contribution in [0.15, 0.2) is 42.7 Å². The number of nitrogens with zero attached hydrogens (tertiary/aromatic N) is 2. The molecule has 0 aliphatic heterocycles. The molecule has 0 saturated carbocycles. The molecule has 0 atom stereocenters. The SMILES string of the molecule is COC(=O)c1cc(C)cc2c1ncn2-c1c(F)c(F)c(-c2ccccc2C(C)(C)O[Si]C(C)(C)C)c(F)c1F. The molecule has 1 aromatic heterocycles. The van der Waals surface area contributed by atoms with Crippen LogP contribution in [0.4, 0.5) is 17.6 Å². The van der Waals surface area contributed by atoms with Gasteiger partial charge in [-0.25, -0.2) is 27.3 Å². The van der Waals surface area contributed by atoms with Crippen LogP contribution in [0.25, 0.3) is 27.8 Å². The Labute approximate surface area is 226 Å². The second kappa shape index (κ2) is 10.2. The lowest BCUT2D eigenvalue weighted by Crippen LogP contribution is -2.28. The van der Waals surface area contributed by atoms with Gasteiger partial charge >= 0.3 is 5.97 Å². The van der Waals surface area contributed by atoms with E-state index in [1.54, 1.807) is 32.9 Å². The molecule has 0 spiro atoms. The predicted molar refractivity (Wildman–Crippen MR) is 142 cm³/mol. The minimum Gasteiger partial charge on any atom is -0.465 e. The molecule has 39 heavy (non-hydrogen) atoms. The van der Waals surface area contributed by atoms with Gasteiger partial charge in [0.05, 0.1) is 29.4 Å². The molecule has 0 saturated heterocycles. The second-order valence-corrected chi connectivity index (χ2v) is 12.7. The monoisotopic (exact) mass is 556 g/mol. The van der Waals surface area contributed by atoms with E-state index in [-0.39, 0.29) is 37.0 Å². The first-order valence-electron chi connectivity index (χ1n) is 12.1. The quantitative estimate of drug-likeness (QED) is 0.107. The summed E-state index contributed by atoms with van der Waals surface area (Å²) in [6, 6.07) is 9.22. The third-order valence-electron chi connectivity index (χ3n) is 6.14. The van der Waals surface area contributed by atoms with E-state index < -0.39 is 46.1 Å². The van der Waals surface area contributed by atoms with Crippen LogP contribution in [0.3, 0.4) is 0 Å². The molecular formula is C29H28F4N2O3Si. The third-order valence-corrected chi connectivity index (χ3v) is 7.36. The second-order valence-electron chi connectivity index (χ2n) is 10.8. The number of halogens is 4. The van der Waals surface area contributed by atoms with Gasteiger partial charge in [0.2, 0.25) is 9.76 Å². The Morgan fingerprint density at radius 2 is 1.56 bits per heavy atom. The van der Waals surface area contributed by atoms with Crippen molar-refractivity contribution in [3.05, 3.63) is 82.7 Å². The minimum absolute atomic E-state index is 0.0279. The smallest absolute Gasteiger partial charge is 0.340 e. The largest absolute Gasteiger partial charge is 0.465 e. The van der Waals surface area contributed by atoms with Gasteiger partial charge < -0.3 is 9.16 Å². The van der Waals surface area contributed by atoms with Gasteiger partial charge in [-0.1, -0.05) is 45.0 Å². The number of imidazole rings is 1. The lowest BCUT2D eigenvalue weighted by atomic mass is 9.89. The summed E-state index contributed by atoms with van der Waals surface area (Å²) in [6.07, 6.45) is 1.01. The van der Waals surface area contributed by atoms with Crippen molar-refractivity contribution < 1.29 is 31.5 Å². The summed E-state index contributed by atoms with van der Waals surface area (Å²) in [5.41, 5.74) is -1.74. The Balaban J connectivity index is 1.93. The lowest BCUT2D eigenvalue weighted by molar-refractivity contribution is 0.0602. The summed E-state index contributed by atoms with van der Waals surface area (Å²) in [6.45, 7) is 11.1. The number of methoxy groups -OCH3 is 1. The molecule has 10 heteroatoms. The number of hydrogen-bond acceptors (Lipinski definition) is 4. The average Bonchev–Trinajstić information content (AvgIpc) is 3.29. The first kappa shape index (κ1) is 28.5. The van der Waals surface area contributed by atoms with Crippen LogP contribution in [0, 0.1) is 30.2 Å². The molecule has 1 heterocycles. The van der Waals surface area contributed by atoms with E-state index in [1.165, 1.54) is 31.4 Å². The Hall–Kier alpha value is -3.50. The van der Waals surface area contributed by atoms with Crippen molar-refractivity contribution in [2.45, 2.75) is 52.2 Å². The van der Waals surface area contributed by atoms with Crippen LogP contribution in [0.1, 0.15) is 56.1 Å². The highest BCUT2D eigenvalue weighted by Gasteiger charge is 2.33. The van der Waals surface area contributed by atoms with Gasteiger partial charge in [0, 0.05) is 0 Å². The molecule has 0 fully saturated rings. The summed E-state index contributed by atoms with van der Waals surface area (Å²) in [4.78, 5) is 16.3. The predicted octanol–water partition coefficient (Wildman–Crippen LogP) is 7.43. The Morgan fingerprint density at radius 1 is 0.949 bits per heavy atom. The number of hydrogen-bond donors (Lipinski definition) is 0. The van der Waals surface area contributed by atoms with E-state index in [4.69, 9.17) is 9.16 Å². The fourth-order valence-electron chi connectivity index (χ4n) is 4.33. The third kappa shape index (κ3) is 5.23. The van der Waals surface area contributed by atoms with Crippen molar-refractivity contribution >= 4 is 26.8 Å². The van der Waals surface area contributed by atoms with E-state index >= 15 is 17.6 Å². The number of carbonyl (C=O) groups excluding carboxylic acids is 1. The van der Waals surface area contributed by atoms with Crippen LogP contribution in [-0.4, -0.2) is 32.4 Å². The summed E-state index contributed by atoms with van der Waals surface area (Å²) in [5.74, 6) is -7.04. The normalized spacial score (nSPS) is 12.3. The van der Waals surface area contributed by atoms with Crippen LogP contribution in [0.5, 0.6) is 0 Å². The van der Waals surface area contributed by atoms with Crippen LogP contribution >= 0.6 is 0 Å². The summed E-state index contributed by atoms with van der Waals surface area (Å²) in [7, 11) is 1.24. The zero-order valence-corrected chi connectivity index (χ0v) is 23.7. The number of esters is 1. The van der Waals surface area contributed by atoms with E-state index in [9.17, 15) is 4.79 Å². The van der Waals surface area contributed by atoms with Crippen LogP contribution < -0.4 is 0 Å². The molecule has 0 N–H and O–H groups in total. The van der Waals surface area contributed by atoms with Crippen molar-refractivity contribution in [2.75, 3.05) is 7.11 Å². The van der Waals surface area contributed by atoms with Gasteiger partial charge in [-0.3, -0.25) is 4.57 Å². The van der Waals surface area contributed by atoms with Gasteiger partial charge in [-0.2, -0.15) is 0 Å². The molecule has 0 amide bonds. The lowest BCUT2D eigenvalue weighted by Gasteiger charge is -2.31. The van der Waals surface area contributed by atoms with Crippen molar-refractivity contribution in [2.24, 2.45) is 0 Å². The Bertz CT molecular complexity index is 1560. The molecule has 0 aliphatic rings. The standard InChI is InChI=1S/C29H28F4N2O3Si/c1-15-12-17(27(36)37-7)25-19(13-15)35(14-34-25)26-23(32)21(30)20(22(31)24(26)33)16-10-8-9-11-18(16)29(5,6)38-39-28(2,3)4/h8-14H,1-7H3. The molecule has 4 rings (SSSR count). The number of carbonyl (C=O) groups is 1. The maximum atomic E-state index is 15.7. The first-order valence-corrected chi connectivity index (χ1v) is 13.1. The van der Waals surface area contributed by atoms with Gasteiger partial charge in [0.1, 0.15) is 17.5 Å². The van der Waals surface area contributed by atoms with Crippen LogP contribution in [-0.2, 0) is 14.8 Å². The van der Waals surface area contributed by atoms with Crippen LogP contribution in [0.2, 0.25) is 5.04 Å². The van der Waals surface area contributed by atoms with Crippen molar-refractivity contribution in [1.29, 1.82) is 0 Å². The number of rotatable bonds is 6. The summed E-state index contributed by atoms with van der Waals surface area (Å²) >= 11 is 0. The van der Waals surface area contributed by atoms with Gasteiger partial charge in [0.15, 0.2) is 23.3 Å². The fraction of sp³-hybridized carbons (Fsp3) is 0.310. The van der Waals surface area contributed by atoms with E-state index in [0.717, 1.165) is 10.9 Å². The average molecular weight is 557 g/mol. The molecule has 0 bridgehead atoms. The number of fused-ring (bicyclic) bond motifs is 1. The van der Waals surface area contributed by atoms with E-state index in [0.29, 0.717) is 11.1 Å². The highest BCUT2D eigenvalue weighted by molar-refractivity contribution is 6.31. The molecule has 0 unspecified atom stereocenters. The summed E-state index contributed by atoms with van der Waals surface area (Å²) < 4.78 is 74.6. The zero-order valence-electron chi connectivity index (χ0n) is 22.7. The Kier molecular flexibility index (Phi) is 7.48.